The Morgan fingerprint density at radius 3 is 2.50 bits per heavy atom. The second kappa shape index (κ2) is 4.47. The Balaban J connectivity index is 2.13. The topological polar surface area (TPSA) is 52.6 Å². The molecule has 4 heteroatoms. The fourth-order valence-electron chi connectivity index (χ4n) is 3.79. The van der Waals surface area contributed by atoms with Crippen LogP contribution in [0.15, 0.2) is 0 Å². The summed E-state index contributed by atoms with van der Waals surface area (Å²) in [4.78, 5) is 24.3. The molecule has 1 saturated carbocycles. The Morgan fingerprint density at radius 2 is 1.95 bits per heavy atom. The molecule has 3 atom stereocenters. The molecule has 1 heterocycles. The Bertz CT molecular complexity index is 432. The number of rotatable bonds is 2. The molecule has 1 saturated heterocycles. The highest BCUT2D eigenvalue weighted by molar-refractivity contribution is 5.79. The summed E-state index contributed by atoms with van der Waals surface area (Å²) in [5.74, 6) is -0.339. The van der Waals surface area contributed by atoms with E-state index in [1.165, 1.54) is 0 Å². The molecule has 0 N–H and O–H groups in total. The summed E-state index contributed by atoms with van der Waals surface area (Å²) < 4.78 is 10.9. The second-order valence-electron chi connectivity index (χ2n) is 8.06. The van der Waals surface area contributed by atoms with E-state index in [1.54, 1.807) is 0 Å². The smallest absolute Gasteiger partial charge is 0.310 e. The van der Waals surface area contributed by atoms with E-state index in [2.05, 4.69) is 0 Å². The number of fused-ring (bicyclic) bond motifs is 1. The van der Waals surface area contributed by atoms with E-state index in [9.17, 15) is 9.59 Å². The average Bonchev–Trinajstić information content (AvgIpc) is 2.62. The molecular weight excluding hydrogens is 256 g/mol. The van der Waals surface area contributed by atoms with Crippen molar-refractivity contribution in [2.45, 2.75) is 72.0 Å². The van der Waals surface area contributed by atoms with Gasteiger partial charge in [-0.3, -0.25) is 9.59 Å². The van der Waals surface area contributed by atoms with Crippen molar-refractivity contribution in [3.05, 3.63) is 0 Å². The van der Waals surface area contributed by atoms with Crippen LogP contribution < -0.4 is 0 Å². The molecular formula is C16H26O4. The number of ether oxygens (including phenoxy) is 2. The highest BCUT2D eigenvalue weighted by atomic mass is 16.6. The van der Waals surface area contributed by atoms with Crippen LogP contribution >= 0.6 is 0 Å². The first-order valence-corrected chi connectivity index (χ1v) is 7.39. The maximum absolute atomic E-state index is 12.2. The lowest BCUT2D eigenvalue weighted by Gasteiger charge is -2.29. The standard InChI is InChI=1S/C16H26O4/c1-14(2,3)19-11(17)9-16(6)8-7-10-12(16)13(18)20-15(10,4)5/h10,12H,7-9H2,1-6H3/t10-,12+,16-/m1/s1. The Labute approximate surface area is 121 Å². The van der Waals surface area contributed by atoms with E-state index in [4.69, 9.17) is 9.47 Å². The second-order valence-corrected chi connectivity index (χ2v) is 8.06. The zero-order valence-electron chi connectivity index (χ0n) is 13.4. The molecule has 0 radical (unpaired) electrons. The van der Waals surface area contributed by atoms with E-state index >= 15 is 0 Å². The molecule has 0 unspecified atom stereocenters. The minimum Gasteiger partial charge on any atom is -0.460 e. The van der Waals surface area contributed by atoms with E-state index < -0.39 is 11.2 Å². The van der Waals surface area contributed by atoms with E-state index in [0.29, 0.717) is 0 Å². The quantitative estimate of drug-likeness (QED) is 0.730. The zero-order chi connectivity index (χ0) is 15.3. The van der Waals surface area contributed by atoms with Gasteiger partial charge in [-0.25, -0.2) is 0 Å². The maximum atomic E-state index is 12.2. The number of hydrogen-bond acceptors (Lipinski definition) is 4. The lowest BCUT2D eigenvalue weighted by molar-refractivity contribution is -0.159. The van der Waals surface area contributed by atoms with Gasteiger partial charge in [0, 0.05) is 5.92 Å². The van der Waals surface area contributed by atoms with Gasteiger partial charge in [-0.15, -0.1) is 0 Å². The summed E-state index contributed by atoms with van der Waals surface area (Å²) in [6.07, 6.45) is 2.10. The molecule has 0 spiro atoms. The van der Waals surface area contributed by atoms with Crippen LogP contribution in [0.3, 0.4) is 0 Å². The molecule has 2 rings (SSSR count). The molecule has 0 bridgehead atoms. The first-order valence-electron chi connectivity index (χ1n) is 7.39. The predicted molar refractivity (Wildman–Crippen MR) is 75.0 cm³/mol. The highest BCUT2D eigenvalue weighted by Gasteiger charge is 2.61. The summed E-state index contributed by atoms with van der Waals surface area (Å²) >= 11 is 0. The molecule has 20 heavy (non-hydrogen) atoms. The van der Waals surface area contributed by atoms with Crippen molar-refractivity contribution in [1.82, 2.24) is 0 Å². The third-order valence-corrected chi connectivity index (χ3v) is 4.66. The van der Waals surface area contributed by atoms with Crippen molar-refractivity contribution in [3.63, 3.8) is 0 Å². The van der Waals surface area contributed by atoms with Crippen LogP contribution in [-0.4, -0.2) is 23.1 Å². The lowest BCUT2D eigenvalue weighted by Crippen LogP contribution is -2.34. The number of cyclic esters (lactones) is 1. The van der Waals surface area contributed by atoms with Crippen LogP contribution in [-0.2, 0) is 19.1 Å². The molecule has 1 aliphatic carbocycles. The van der Waals surface area contributed by atoms with Gasteiger partial charge in [0.1, 0.15) is 11.2 Å². The first-order chi connectivity index (χ1) is 8.95. The van der Waals surface area contributed by atoms with Crippen molar-refractivity contribution in [1.29, 1.82) is 0 Å². The normalized spacial score (nSPS) is 35.6. The van der Waals surface area contributed by atoms with Crippen LogP contribution in [0.5, 0.6) is 0 Å². The van der Waals surface area contributed by atoms with Crippen LogP contribution in [0.4, 0.5) is 0 Å². The molecule has 0 aromatic carbocycles. The molecule has 0 aromatic heterocycles. The predicted octanol–water partition coefficient (Wildman–Crippen LogP) is 3.09. The summed E-state index contributed by atoms with van der Waals surface area (Å²) in [5.41, 5.74) is -1.23. The molecule has 2 aliphatic rings. The highest BCUT2D eigenvalue weighted by Crippen LogP contribution is 2.57. The molecule has 0 amide bonds. The van der Waals surface area contributed by atoms with Gasteiger partial charge in [0.25, 0.3) is 0 Å². The first kappa shape index (κ1) is 15.3. The number of hydrogen-bond donors (Lipinski definition) is 0. The van der Waals surface area contributed by atoms with Crippen LogP contribution in [0.2, 0.25) is 0 Å². The van der Waals surface area contributed by atoms with Crippen LogP contribution in [0, 0.1) is 17.3 Å². The Morgan fingerprint density at radius 1 is 1.35 bits per heavy atom. The van der Waals surface area contributed by atoms with Gasteiger partial charge < -0.3 is 9.47 Å². The van der Waals surface area contributed by atoms with E-state index in [1.807, 2.05) is 41.5 Å². The average molecular weight is 282 g/mol. The molecule has 4 nitrogen and oxygen atoms in total. The third kappa shape index (κ3) is 2.70. The van der Waals surface area contributed by atoms with Gasteiger partial charge in [0.2, 0.25) is 0 Å². The summed E-state index contributed by atoms with van der Waals surface area (Å²) in [6.45, 7) is 11.5. The Hall–Kier alpha value is -1.06. The van der Waals surface area contributed by atoms with Crippen LogP contribution in [0.25, 0.3) is 0 Å². The van der Waals surface area contributed by atoms with Gasteiger partial charge in [-0.1, -0.05) is 6.92 Å². The van der Waals surface area contributed by atoms with Gasteiger partial charge in [0.15, 0.2) is 0 Å². The van der Waals surface area contributed by atoms with Crippen LogP contribution in [0.1, 0.15) is 60.8 Å². The van der Waals surface area contributed by atoms with Crippen molar-refractivity contribution in [3.8, 4) is 0 Å². The maximum Gasteiger partial charge on any atom is 0.310 e. The molecule has 0 aromatic rings. The van der Waals surface area contributed by atoms with Crippen molar-refractivity contribution >= 4 is 11.9 Å². The summed E-state index contributed by atoms with van der Waals surface area (Å²) in [7, 11) is 0. The minimum atomic E-state index is -0.485. The zero-order valence-corrected chi connectivity index (χ0v) is 13.4. The molecule has 114 valence electrons. The van der Waals surface area contributed by atoms with Gasteiger partial charge in [0.05, 0.1) is 12.3 Å². The minimum absolute atomic E-state index is 0.149. The summed E-state index contributed by atoms with van der Waals surface area (Å²) in [5, 5.41) is 0. The van der Waals surface area contributed by atoms with Gasteiger partial charge in [-0.05, 0) is 52.9 Å². The number of carbonyl (C=O) groups excluding carboxylic acids is 2. The fraction of sp³-hybridized carbons (Fsp3) is 0.875. The Kier molecular flexibility index (Phi) is 3.43. The number of carbonyl (C=O) groups is 2. The van der Waals surface area contributed by atoms with Crippen molar-refractivity contribution in [2.75, 3.05) is 0 Å². The van der Waals surface area contributed by atoms with Crippen molar-refractivity contribution in [2.24, 2.45) is 17.3 Å². The fourth-order valence-corrected chi connectivity index (χ4v) is 3.79. The third-order valence-electron chi connectivity index (χ3n) is 4.66. The lowest BCUT2D eigenvalue weighted by atomic mass is 9.73. The SMILES string of the molecule is CC(C)(C)OC(=O)C[C@@]1(C)CC[C@@H]2[C@H]1C(=O)OC2(C)C. The van der Waals surface area contributed by atoms with Gasteiger partial charge in [-0.2, -0.15) is 0 Å². The monoisotopic (exact) mass is 282 g/mol. The largest absolute Gasteiger partial charge is 0.460 e. The summed E-state index contributed by atoms with van der Waals surface area (Å²) in [6, 6.07) is 0. The van der Waals surface area contributed by atoms with Crippen molar-refractivity contribution < 1.29 is 19.1 Å². The molecule has 1 aliphatic heterocycles. The van der Waals surface area contributed by atoms with Gasteiger partial charge >= 0.3 is 11.9 Å². The van der Waals surface area contributed by atoms with E-state index in [0.717, 1.165) is 12.8 Å². The van der Waals surface area contributed by atoms with E-state index in [-0.39, 0.29) is 35.6 Å². The molecule has 2 fully saturated rings. The number of esters is 2.